The predicted octanol–water partition coefficient (Wildman–Crippen LogP) is 5.40. The SMILES string of the molecule is COc1cc(N(C)CCN(C)C)c(NC(C)C)cc1Nc1nc(Nc2ccccc2N(C)S(C)(=O)=O)c2sccc2n1. The quantitative estimate of drug-likeness (QED) is 0.181. The Kier molecular flexibility index (Phi) is 9.64. The molecule has 0 aliphatic heterocycles. The van der Waals surface area contributed by atoms with Crippen molar-refractivity contribution < 1.29 is 13.2 Å². The van der Waals surface area contributed by atoms with Crippen LogP contribution in [0.3, 0.4) is 0 Å². The second kappa shape index (κ2) is 13.0. The van der Waals surface area contributed by atoms with Crippen molar-refractivity contribution in [2.45, 2.75) is 19.9 Å². The number of anilines is 7. The van der Waals surface area contributed by atoms with Crippen LogP contribution in [-0.4, -0.2) is 84.0 Å². The molecular formula is C29H40N8O3S2. The molecule has 3 N–H and O–H groups in total. The average molecular weight is 613 g/mol. The summed E-state index contributed by atoms with van der Waals surface area (Å²) in [5.74, 6) is 1.59. The largest absolute Gasteiger partial charge is 0.494 e. The van der Waals surface area contributed by atoms with Gasteiger partial charge in [0.15, 0.2) is 5.82 Å². The molecule has 4 rings (SSSR count). The van der Waals surface area contributed by atoms with E-state index in [9.17, 15) is 8.42 Å². The second-order valence-corrected chi connectivity index (χ2v) is 13.6. The van der Waals surface area contributed by atoms with Gasteiger partial charge in [-0.15, -0.1) is 11.3 Å². The van der Waals surface area contributed by atoms with E-state index >= 15 is 0 Å². The zero-order valence-electron chi connectivity index (χ0n) is 25.4. The maximum absolute atomic E-state index is 12.3. The zero-order valence-corrected chi connectivity index (χ0v) is 27.0. The van der Waals surface area contributed by atoms with Gasteiger partial charge in [-0.2, -0.15) is 4.98 Å². The first-order valence-electron chi connectivity index (χ1n) is 13.5. The van der Waals surface area contributed by atoms with Crippen molar-refractivity contribution in [3.63, 3.8) is 0 Å². The highest BCUT2D eigenvalue weighted by molar-refractivity contribution is 7.92. The van der Waals surface area contributed by atoms with Crippen LogP contribution in [0.5, 0.6) is 5.75 Å². The molecule has 0 aliphatic rings. The number of para-hydroxylation sites is 2. The first-order chi connectivity index (χ1) is 19.9. The topological polar surface area (TPSA) is 115 Å². The number of rotatable bonds is 13. The summed E-state index contributed by atoms with van der Waals surface area (Å²) in [4.78, 5) is 13.9. The maximum Gasteiger partial charge on any atom is 0.232 e. The summed E-state index contributed by atoms with van der Waals surface area (Å²) in [7, 11) is 5.90. The van der Waals surface area contributed by atoms with Gasteiger partial charge in [0.05, 0.1) is 52.0 Å². The Morgan fingerprint density at radius 1 is 0.929 bits per heavy atom. The fraction of sp³-hybridized carbons (Fsp3) is 0.379. The smallest absolute Gasteiger partial charge is 0.232 e. The molecule has 0 fully saturated rings. The van der Waals surface area contributed by atoms with E-state index in [1.165, 1.54) is 28.9 Å². The summed E-state index contributed by atoms with van der Waals surface area (Å²) >= 11 is 1.51. The van der Waals surface area contributed by atoms with E-state index in [4.69, 9.17) is 14.7 Å². The van der Waals surface area contributed by atoms with Crippen molar-refractivity contribution in [1.29, 1.82) is 0 Å². The Morgan fingerprint density at radius 3 is 2.33 bits per heavy atom. The third-order valence-corrected chi connectivity index (χ3v) is 8.70. The van der Waals surface area contributed by atoms with Crippen LogP contribution in [0.4, 0.5) is 40.2 Å². The Morgan fingerprint density at radius 2 is 1.67 bits per heavy atom. The van der Waals surface area contributed by atoms with Gasteiger partial charge in [-0.1, -0.05) is 12.1 Å². The monoisotopic (exact) mass is 612 g/mol. The molecule has 0 spiro atoms. The third kappa shape index (κ3) is 7.33. The minimum absolute atomic E-state index is 0.214. The highest BCUT2D eigenvalue weighted by atomic mass is 32.2. The number of nitrogens with zero attached hydrogens (tertiary/aromatic N) is 5. The third-order valence-electron chi connectivity index (χ3n) is 6.60. The molecule has 4 aromatic rings. The van der Waals surface area contributed by atoms with E-state index in [1.807, 2.05) is 35.7 Å². The first kappa shape index (κ1) is 31.1. The van der Waals surface area contributed by atoms with E-state index in [0.29, 0.717) is 34.6 Å². The van der Waals surface area contributed by atoms with Crippen molar-refractivity contribution in [3.05, 3.63) is 47.8 Å². The molecule has 0 amide bonds. The highest BCUT2D eigenvalue weighted by Gasteiger charge is 2.19. The molecule has 13 heteroatoms. The second-order valence-electron chi connectivity index (χ2n) is 10.6. The number of hydrogen-bond donors (Lipinski definition) is 3. The molecule has 226 valence electrons. The van der Waals surface area contributed by atoms with Gasteiger partial charge in [0.2, 0.25) is 16.0 Å². The number of sulfonamides is 1. The lowest BCUT2D eigenvalue weighted by molar-refractivity contribution is 0.413. The molecule has 2 aromatic carbocycles. The van der Waals surface area contributed by atoms with E-state index < -0.39 is 10.0 Å². The van der Waals surface area contributed by atoms with Gasteiger partial charge in [0.25, 0.3) is 0 Å². The molecule has 0 saturated heterocycles. The number of likely N-dealkylation sites (N-methyl/N-ethyl adjacent to an activating group) is 2. The summed E-state index contributed by atoms with van der Waals surface area (Å²) in [6.45, 7) is 5.96. The van der Waals surface area contributed by atoms with Crippen molar-refractivity contribution in [2.75, 3.05) is 79.8 Å². The molecule has 2 aromatic heterocycles. The Balaban J connectivity index is 1.74. The van der Waals surface area contributed by atoms with Gasteiger partial charge in [-0.05, 0) is 57.6 Å². The van der Waals surface area contributed by atoms with Crippen LogP contribution in [0.15, 0.2) is 47.8 Å². The molecule has 0 aliphatic carbocycles. The molecule has 11 nitrogen and oxygen atoms in total. The summed E-state index contributed by atoms with van der Waals surface area (Å²) in [5, 5.41) is 12.2. The normalized spacial score (nSPS) is 11.7. The van der Waals surface area contributed by atoms with E-state index in [2.05, 4.69) is 60.7 Å². The Hall–Kier alpha value is -3.81. The van der Waals surface area contributed by atoms with Crippen LogP contribution in [-0.2, 0) is 10.0 Å². The van der Waals surface area contributed by atoms with E-state index in [-0.39, 0.29) is 6.04 Å². The maximum atomic E-state index is 12.3. The van der Waals surface area contributed by atoms with Crippen LogP contribution in [0.1, 0.15) is 13.8 Å². The minimum Gasteiger partial charge on any atom is -0.494 e. The summed E-state index contributed by atoms with van der Waals surface area (Å²) in [6, 6.07) is 13.4. The van der Waals surface area contributed by atoms with Gasteiger partial charge in [0, 0.05) is 39.3 Å². The lowest BCUT2D eigenvalue weighted by Gasteiger charge is -2.27. The number of fused-ring (bicyclic) bond motifs is 1. The summed E-state index contributed by atoms with van der Waals surface area (Å²) in [5.41, 5.74) is 4.57. The van der Waals surface area contributed by atoms with Gasteiger partial charge < -0.3 is 30.5 Å². The van der Waals surface area contributed by atoms with Gasteiger partial charge in [0.1, 0.15) is 5.75 Å². The van der Waals surface area contributed by atoms with Crippen molar-refractivity contribution in [2.24, 2.45) is 0 Å². The molecule has 0 saturated carbocycles. The number of aromatic nitrogens is 2. The number of ether oxygens (including phenoxy) is 1. The molecule has 0 unspecified atom stereocenters. The van der Waals surface area contributed by atoms with Gasteiger partial charge in [-0.3, -0.25) is 4.31 Å². The molecule has 2 heterocycles. The van der Waals surface area contributed by atoms with E-state index in [0.717, 1.165) is 34.7 Å². The van der Waals surface area contributed by atoms with Crippen LogP contribution in [0, 0.1) is 0 Å². The summed E-state index contributed by atoms with van der Waals surface area (Å²) in [6.07, 6.45) is 1.18. The fourth-order valence-corrected chi connectivity index (χ4v) is 5.63. The average Bonchev–Trinajstić information content (AvgIpc) is 3.40. The molecular weight excluding hydrogens is 573 g/mol. The minimum atomic E-state index is -3.46. The highest BCUT2D eigenvalue weighted by Crippen LogP contribution is 2.39. The molecule has 0 bridgehead atoms. The van der Waals surface area contributed by atoms with Crippen LogP contribution in [0.2, 0.25) is 0 Å². The van der Waals surface area contributed by atoms with Crippen molar-refractivity contribution in [3.8, 4) is 5.75 Å². The molecule has 0 atom stereocenters. The summed E-state index contributed by atoms with van der Waals surface area (Å²) < 4.78 is 32.5. The number of nitrogens with one attached hydrogen (secondary N) is 3. The Labute approximate surface area is 252 Å². The first-order valence-corrected chi connectivity index (χ1v) is 16.3. The standard InChI is InChI=1S/C29H40N8O3S2/c1-19(2)30-22-17-23(26(40-7)18-25(22)36(5)15-14-35(3)4)33-29-32-21-13-16-41-27(21)28(34-29)31-20-11-9-10-12-24(20)37(6)42(8,38)39/h9-13,16-19,30H,14-15H2,1-8H3,(H2,31,32,33,34). The van der Waals surface area contributed by atoms with Crippen molar-refractivity contribution in [1.82, 2.24) is 14.9 Å². The molecule has 42 heavy (non-hydrogen) atoms. The molecule has 0 radical (unpaired) electrons. The predicted molar refractivity (Wildman–Crippen MR) is 177 cm³/mol. The lowest BCUT2D eigenvalue weighted by atomic mass is 10.1. The Bertz CT molecular complexity index is 1640. The van der Waals surface area contributed by atoms with Crippen LogP contribution >= 0.6 is 11.3 Å². The van der Waals surface area contributed by atoms with Crippen LogP contribution in [0.25, 0.3) is 10.2 Å². The van der Waals surface area contributed by atoms with E-state index in [1.54, 1.807) is 19.2 Å². The van der Waals surface area contributed by atoms with Crippen molar-refractivity contribution >= 4 is 71.8 Å². The van der Waals surface area contributed by atoms with Gasteiger partial charge >= 0.3 is 0 Å². The zero-order chi connectivity index (χ0) is 30.6. The number of benzene rings is 2. The number of thiophene rings is 1. The number of hydrogen-bond acceptors (Lipinski definition) is 11. The van der Waals surface area contributed by atoms with Crippen LogP contribution < -0.4 is 29.9 Å². The lowest BCUT2D eigenvalue weighted by Crippen LogP contribution is -2.29. The van der Waals surface area contributed by atoms with Gasteiger partial charge in [-0.25, -0.2) is 13.4 Å². The fourth-order valence-electron chi connectivity index (χ4n) is 4.33. The number of methoxy groups -OCH3 is 1.